The fourth-order valence-electron chi connectivity index (χ4n) is 1.19. The number of halogens is 1. The summed E-state index contributed by atoms with van der Waals surface area (Å²) in [5.74, 6) is 1.49. The Hall–Kier alpha value is -1.14. The molecule has 0 saturated carbocycles. The van der Waals surface area contributed by atoms with E-state index in [1.54, 1.807) is 35.0 Å². The van der Waals surface area contributed by atoms with E-state index < -0.39 is 0 Å². The number of unbranched alkanes of at least 4 members (excludes halogenated alkanes) is 1. The lowest BCUT2D eigenvalue weighted by molar-refractivity contribution is 0.819. The lowest BCUT2D eigenvalue weighted by Crippen LogP contribution is -2.02. The van der Waals surface area contributed by atoms with E-state index >= 15 is 0 Å². The van der Waals surface area contributed by atoms with Gasteiger partial charge in [0.15, 0.2) is 5.16 Å². The summed E-state index contributed by atoms with van der Waals surface area (Å²) in [6.45, 7) is 2.15. The van der Waals surface area contributed by atoms with E-state index in [1.165, 1.54) is 0 Å². The second-order valence-electron chi connectivity index (χ2n) is 3.36. The maximum absolute atomic E-state index is 5.87. The number of thioether (sulfide) groups is 1. The van der Waals surface area contributed by atoms with E-state index in [2.05, 4.69) is 26.9 Å². The second kappa shape index (κ2) is 5.97. The third-order valence-corrected chi connectivity index (χ3v) is 3.14. The van der Waals surface area contributed by atoms with Gasteiger partial charge >= 0.3 is 0 Å². The van der Waals surface area contributed by atoms with E-state index in [0.29, 0.717) is 11.1 Å². The Morgan fingerprint density at radius 1 is 1.35 bits per heavy atom. The highest BCUT2D eigenvalue weighted by Crippen LogP contribution is 2.17. The molecule has 0 N–H and O–H groups in total. The molecule has 0 unspecified atom stereocenters. The van der Waals surface area contributed by atoms with Crippen LogP contribution in [0.3, 0.4) is 0 Å². The summed E-state index contributed by atoms with van der Waals surface area (Å²) in [5, 5.41) is 0.866. The monoisotopic (exact) mass is 269 g/mol. The molecule has 2 aromatic heterocycles. The SMILES string of the molecule is CCCCSc1nc(Cl)nc(-n2ccnc2)n1. The maximum atomic E-state index is 5.87. The maximum Gasteiger partial charge on any atom is 0.240 e. The van der Waals surface area contributed by atoms with Gasteiger partial charge in [0, 0.05) is 18.1 Å². The fourth-order valence-corrected chi connectivity index (χ4v) is 2.31. The highest BCUT2D eigenvalue weighted by atomic mass is 35.5. The van der Waals surface area contributed by atoms with Crippen molar-refractivity contribution in [2.75, 3.05) is 5.75 Å². The molecule has 17 heavy (non-hydrogen) atoms. The van der Waals surface area contributed by atoms with Crippen LogP contribution >= 0.6 is 23.4 Å². The van der Waals surface area contributed by atoms with E-state index in [1.807, 2.05) is 0 Å². The first-order valence-electron chi connectivity index (χ1n) is 5.32. The molecular formula is C10H12ClN5S. The fraction of sp³-hybridized carbons (Fsp3) is 0.400. The van der Waals surface area contributed by atoms with Gasteiger partial charge in [-0.15, -0.1) is 0 Å². The first-order valence-corrected chi connectivity index (χ1v) is 6.68. The van der Waals surface area contributed by atoms with E-state index in [-0.39, 0.29) is 5.28 Å². The van der Waals surface area contributed by atoms with Crippen LogP contribution in [0.1, 0.15) is 19.8 Å². The topological polar surface area (TPSA) is 56.5 Å². The molecule has 0 aliphatic rings. The first-order chi connectivity index (χ1) is 8.29. The number of hydrogen-bond donors (Lipinski definition) is 0. The van der Waals surface area contributed by atoms with E-state index in [0.717, 1.165) is 18.6 Å². The normalized spacial score (nSPS) is 10.7. The van der Waals surface area contributed by atoms with Gasteiger partial charge in [-0.2, -0.15) is 15.0 Å². The zero-order chi connectivity index (χ0) is 12.1. The Morgan fingerprint density at radius 2 is 2.24 bits per heavy atom. The molecule has 0 aliphatic heterocycles. The average molecular weight is 270 g/mol. The van der Waals surface area contributed by atoms with Gasteiger partial charge in [0.2, 0.25) is 11.2 Å². The quantitative estimate of drug-likeness (QED) is 0.617. The predicted octanol–water partition coefficient (Wildman–Crippen LogP) is 2.60. The molecule has 2 heterocycles. The number of nitrogens with zero attached hydrogens (tertiary/aromatic N) is 5. The standard InChI is InChI=1S/C10H12ClN5S/c1-2-3-6-17-10-14-8(11)13-9(15-10)16-5-4-12-7-16/h4-5,7H,2-3,6H2,1H3. The van der Waals surface area contributed by atoms with E-state index in [4.69, 9.17) is 11.6 Å². The second-order valence-corrected chi connectivity index (χ2v) is 4.76. The molecule has 0 amide bonds. The van der Waals surface area contributed by atoms with Crippen LogP contribution in [0.2, 0.25) is 5.28 Å². The molecule has 0 bridgehead atoms. The van der Waals surface area contributed by atoms with Gasteiger partial charge in [0.1, 0.15) is 6.33 Å². The van der Waals surface area contributed by atoms with Crippen molar-refractivity contribution < 1.29 is 0 Å². The molecule has 7 heteroatoms. The molecule has 0 saturated heterocycles. The molecule has 2 rings (SSSR count). The third-order valence-electron chi connectivity index (χ3n) is 2.04. The molecule has 90 valence electrons. The van der Waals surface area contributed by atoms with Crippen LogP contribution in [-0.2, 0) is 0 Å². The Balaban J connectivity index is 2.18. The number of imidazole rings is 1. The summed E-state index contributed by atoms with van der Waals surface area (Å²) in [6, 6.07) is 0. The van der Waals surface area contributed by atoms with Crippen molar-refractivity contribution in [3.05, 3.63) is 24.0 Å². The lowest BCUT2D eigenvalue weighted by atomic mass is 10.4. The van der Waals surface area contributed by atoms with Crippen LogP contribution in [-0.4, -0.2) is 30.3 Å². The van der Waals surface area contributed by atoms with Crippen LogP contribution in [0, 0.1) is 0 Å². The molecule has 2 aromatic rings. The predicted molar refractivity (Wildman–Crippen MR) is 67.6 cm³/mol. The van der Waals surface area contributed by atoms with Crippen molar-refractivity contribution in [1.82, 2.24) is 24.5 Å². The molecule has 5 nitrogen and oxygen atoms in total. The largest absolute Gasteiger partial charge is 0.274 e. The number of rotatable bonds is 5. The Kier molecular flexibility index (Phi) is 4.33. The van der Waals surface area contributed by atoms with Crippen molar-refractivity contribution in [2.45, 2.75) is 24.9 Å². The molecule has 0 spiro atoms. The zero-order valence-electron chi connectivity index (χ0n) is 9.38. The van der Waals surface area contributed by atoms with Crippen molar-refractivity contribution in [2.24, 2.45) is 0 Å². The average Bonchev–Trinajstić information content (AvgIpc) is 2.82. The number of aromatic nitrogens is 5. The summed E-state index contributed by atoms with van der Waals surface area (Å²) in [7, 11) is 0. The highest BCUT2D eigenvalue weighted by molar-refractivity contribution is 7.99. The summed E-state index contributed by atoms with van der Waals surface area (Å²) < 4.78 is 1.71. The first kappa shape index (κ1) is 12.3. The molecule has 0 radical (unpaired) electrons. The Labute approximate surface area is 109 Å². The summed E-state index contributed by atoms with van der Waals surface area (Å²) in [4.78, 5) is 16.4. The summed E-state index contributed by atoms with van der Waals surface area (Å²) >= 11 is 7.46. The van der Waals surface area contributed by atoms with Gasteiger partial charge < -0.3 is 0 Å². The van der Waals surface area contributed by atoms with Gasteiger partial charge in [0.05, 0.1) is 0 Å². The van der Waals surface area contributed by atoms with Crippen LogP contribution in [0.15, 0.2) is 23.9 Å². The van der Waals surface area contributed by atoms with Crippen LogP contribution in [0.4, 0.5) is 0 Å². The molecular weight excluding hydrogens is 258 g/mol. The lowest BCUT2D eigenvalue weighted by Gasteiger charge is -2.03. The van der Waals surface area contributed by atoms with Crippen molar-refractivity contribution >= 4 is 23.4 Å². The smallest absolute Gasteiger partial charge is 0.240 e. The van der Waals surface area contributed by atoms with Crippen molar-refractivity contribution in [3.63, 3.8) is 0 Å². The highest BCUT2D eigenvalue weighted by Gasteiger charge is 2.06. The van der Waals surface area contributed by atoms with Crippen LogP contribution in [0.5, 0.6) is 0 Å². The van der Waals surface area contributed by atoms with Crippen molar-refractivity contribution in [3.8, 4) is 5.95 Å². The van der Waals surface area contributed by atoms with Crippen LogP contribution < -0.4 is 0 Å². The van der Waals surface area contributed by atoms with Crippen LogP contribution in [0.25, 0.3) is 5.95 Å². The summed E-state index contributed by atoms with van der Waals surface area (Å²) in [5.41, 5.74) is 0. The van der Waals surface area contributed by atoms with Gasteiger partial charge in [-0.05, 0) is 18.0 Å². The van der Waals surface area contributed by atoms with Gasteiger partial charge in [-0.1, -0.05) is 25.1 Å². The molecule has 0 aliphatic carbocycles. The molecule has 0 fully saturated rings. The third kappa shape index (κ3) is 3.41. The minimum atomic E-state index is 0.211. The summed E-state index contributed by atoms with van der Waals surface area (Å²) in [6.07, 6.45) is 7.36. The van der Waals surface area contributed by atoms with E-state index in [9.17, 15) is 0 Å². The Bertz CT molecular complexity index is 474. The number of hydrogen-bond acceptors (Lipinski definition) is 5. The zero-order valence-corrected chi connectivity index (χ0v) is 10.9. The van der Waals surface area contributed by atoms with Gasteiger partial charge in [0.25, 0.3) is 0 Å². The molecule has 0 aromatic carbocycles. The van der Waals surface area contributed by atoms with Crippen molar-refractivity contribution in [1.29, 1.82) is 0 Å². The Morgan fingerprint density at radius 3 is 2.94 bits per heavy atom. The minimum absolute atomic E-state index is 0.211. The van der Waals surface area contributed by atoms with Gasteiger partial charge in [-0.25, -0.2) is 4.98 Å². The minimum Gasteiger partial charge on any atom is -0.274 e. The van der Waals surface area contributed by atoms with Gasteiger partial charge in [-0.3, -0.25) is 4.57 Å². The molecule has 0 atom stereocenters.